The van der Waals surface area contributed by atoms with Crippen molar-refractivity contribution in [2.75, 3.05) is 110 Å². The highest BCUT2D eigenvalue weighted by molar-refractivity contribution is 8.00. The van der Waals surface area contributed by atoms with Crippen LogP contribution >= 0.6 is 11.8 Å². The van der Waals surface area contributed by atoms with E-state index in [1.54, 1.807) is 7.11 Å². The van der Waals surface area contributed by atoms with E-state index in [0.717, 1.165) is 98.4 Å². The number of aldehydes is 2. The maximum Gasteiger partial charge on any atom is 0.321 e. The van der Waals surface area contributed by atoms with Crippen LogP contribution in [-0.4, -0.2) is 175 Å². The zero-order valence-corrected chi connectivity index (χ0v) is 38.6. The van der Waals surface area contributed by atoms with Crippen LogP contribution in [0.25, 0.3) is 11.0 Å². The van der Waals surface area contributed by atoms with E-state index in [9.17, 15) is 24.0 Å². The second-order valence-electron chi connectivity index (χ2n) is 14.9. The van der Waals surface area contributed by atoms with Gasteiger partial charge < -0.3 is 70.9 Å². The monoisotopic (exact) mass is 918 g/mol. The van der Waals surface area contributed by atoms with Crippen molar-refractivity contribution in [3.8, 4) is 5.75 Å². The molecule has 0 saturated carbocycles. The van der Waals surface area contributed by atoms with Crippen LogP contribution < -0.4 is 32.2 Å². The van der Waals surface area contributed by atoms with Gasteiger partial charge in [0.2, 0.25) is 11.9 Å². The Morgan fingerprint density at radius 1 is 0.922 bits per heavy atom. The van der Waals surface area contributed by atoms with Gasteiger partial charge in [0, 0.05) is 89.1 Å². The van der Waals surface area contributed by atoms with Gasteiger partial charge >= 0.3 is 11.9 Å². The molecule has 64 heavy (non-hydrogen) atoms. The minimum absolute atomic E-state index is 0.103. The Morgan fingerprint density at radius 3 is 2.28 bits per heavy atom. The number of fused-ring (bicyclic) bond motifs is 1. The number of ether oxygens (including phenoxy) is 3. The van der Waals surface area contributed by atoms with E-state index in [4.69, 9.17) is 35.9 Å². The molecule has 3 aromatic rings. The van der Waals surface area contributed by atoms with Gasteiger partial charge in [0.25, 0.3) is 0 Å². The Morgan fingerprint density at radius 2 is 1.64 bits per heavy atom. The van der Waals surface area contributed by atoms with Crippen LogP contribution in [0.2, 0.25) is 0 Å². The lowest BCUT2D eigenvalue weighted by atomic mass is 10.1. The first-order valence-electron chi connectivity index (χ1n) is 21.6. The fourth-order valence-corrected chi connectivity index (χ4v) is 7.07. The van der Waals surface area contributed by atoms with Crippen molar-refractivity contribution in [2.24, 2.45) is 5.73 Å². The topological polar surface area (TPSA) is 279 Å². The SMILES string of the molecule is CCCCCNc1nc(N)nc2ccn(Cc3ccc(CN4CCN(C)CC4)cc3OC)c12.CNCCOCCOCCC=O.NC(CSC(CC(=O)NCCC=O)C(=O)O)C(=O)O. The van der Waals surface area contributed by atoms with Crippen molar-refractivity contribution >= 4 is 65.0 Å². The van der Waals surface area contributed by atoms with E-state index in [1.165, 1.54) is 18.4 Å². The molecule has 0 spiro atoms. The highest BCUT2D eigenvalue weighted by Crippen LogP contribution is 2.27. The van der Waals surface area contributed by atoms with Crippen molar-refractivity contribution < 1.29 is 48.4 Å². The predicted octanol–water partition coefficient (Wildman–Crippen LogP) is 1.93. The summed E-state index contributed by atoms with van der Waals surface area (Å²) < 4.78 is 18.2. The third kappa shape index (κ3) is 22.1. The zero-order valence-electron chi connectivity index (χ0n) is 37.8. The molecular formula is C43H70N10O10S. The number of aromatic nitrogens is 3. The van der Waals surface area contributed by atoms with Crippen LogP contribution in [0.5, 0.6) is 5.75 Å². The Labute approximate surface area is 380 Å². The van der Waals surface area contributed by atoms with E-state index in [2.05, 4.69) is 72.5 Å². The van der Waals surface area contributed by atoms with Crippen molar-refractivity contribution in [2.45, 2.75) is 69.8 Å². The molecule has 0 bridgehead atoms. The highest BCUT2D eigenvalue weighted by Gasteiger charge is 2.24. The Bertz CT molecular complexity index is 1830. The molecule has 1 aliphatic rings. The van der Waals surface area contributed by atoms with Gasteiger partial charge in [-0.05, 0) is 38.2 Å². The molecule has 1 amide bonds. The molecule has 0 radical (unpaired) electrons. The minimum Gasteiger partial charge on any atom is -0.496 e. The summed E-state index contributed by atoms with van der Waals surface area (Å²) in [5, 5.41) is 25.2. The average molecular weight is 919 g/mol. The van der Waals surface area contributed by atoms with Gasteiger partial charge in [-0.2, -0.15) is 4.98 Å². The van der Waals surface area contributed by atoms with Crippen molar-refractivity contribution in [1.82, 2.24) is 35.0 Å². The number of nitrogen functional groups attached to an aromatic ring is 1. The van der Waals surface area contributed by atoms with Crippen LogP contribution in [0.4, 0.5) is 11.8 Å². The number of piperazine rings is 1. The number of benzene rings is 1. The third-order valence-electron chi connectivity index (χ3n) is 9.67. The van der Waals surface area contributed by atoms with Crippen molar-refractivity contribution in [3.63, 3.8) is 0 Å². The third-order valence-corrected chi connectivity index (χ3v) is 11.0. The number of amides is 1. The number of aliphatic carboxylic acids is 2. The highest BCUT2D eigenvalue weighted by atomic mass is 32.2. The fourth-order valence-electron chi connectivity index (χ4n) is 6.07. The van der Waals surface area contributed by atoms with Gasteiger partial charge in [0.05, 0.1) is 45.6 Å². The second-order valence-corrected chi connectivity index (χ2v) is 16.1. The molecule has 358 valence electrons. The summed E-state index contributed by atoms with van der Waals surface area (Å²) in [4.78, 5) is 66.5. The van der Waals surface area contributed by atoms with Crippen molar-refractivity contribution in [3.05, 3.63) is 41.6 Å². The number of nitrogens with two attached hydrogens (primary N) is 2. The number of likely N-dealkylation sites (N-methyl/N-ethyl adjacent to an activating group) is 2. The van der Waals surface area contributed by atoms with E-state index in [0.29, 0.717) is 51.6 Å². The molecule has 2 unspecified atom stereocenters. The maximum atomic E-state index is 11.4. The van der Waals surface area contributed by atoms with Crippen LogP contribution in [-0.2, 0) is 46.5 Å². The number of hydrogen-bond donors (Lipinski definition) is 7. The fraction of sp³-hybridized carbons (Fsp3) is 0.605. The number of carbonyl (C=O) groups is 5. The van der Waals surface area contributed by atoms with Crippen LogP contribution in [0.15, 0.2) is 30.5 Å². The lowest BCUT2D eigenvalue weighted by Gasteiger charge is -2.32. The van der Waals surface area contributed by atoms with Crippen LogP contribution in [0, 0.1) is 0 Å². The molecule has 21 heteroatoms. The Kier molecular flexibility index (Phi) is 28.2. The number of hydrogen-bond acceptors (Lipinski definition) is 17. The number of carboxylic acid groups (broad SMARTS) is 2. The lowest BCUT2D eigenvalue weighted by Crippen LogP contribution is -2.43. The molecule has 1 fully saturated rings. The van der Waals surface area contributed by atoms with Gasteiger partial charge in [-0.25, -0.2) is 4.98 Å². The van der Waals surface area contributed by atoms with E-state index in [1.807, 2.05) is 19.3 Å². The number of unbranched alkanes of at least 4 members (excludes halogenated alkanes) is 2. The standard InChI is InChI=1S/C25H37N7O.C10H16N2O6S.C8H17NO3/c1-4-5-6-10-27-24-23-21(28-25(26)29-24)9-11-32(23)18-20-8-7-19(16-22(20)33-3)17-31-14-12-30(2)13-15-31;11-6(9(15)16)5-19-7(10(17)18)4-8(14)12-2-1-3-13;1-9-3-6-12-8-7-11-5-2-4-10/h7-9,11,16H,4-6,10,12-15,17-18H2,1-3H3,(H3,26,27,28,29);3,6-7H,1-2,4-5,11H2,(H,12,14)(H,15,16)(H,17,18);4,9H,2-3,5-8H2,1H3. The van der Waals surface area contributed by atoms with E-state index in [-0.39, 0.29) is 25.1 Å². The number of methoxy groups -OCH3 is 1. The number of thioether (sulfide) groups is 1. The Hall–Kier alpha value is -4.90. The molecule has 4 rings (SSSR count). The summed E-state index contributed by atoms with van der Waals surface area (Å²) in [5.41, 5.74) is 15.5. The summed E-state index contributed by atoms with van der Waals surface area (Å²) in [6.07, 6.45) is 7.33. The number of nitrogens with one attached hydrogen (secondary N) is 3. The quantitative estimate of drug-likeness (QED) is 0.0387. The largest absolute Gasteiger partial charge is 0.496 e. The summed E-state index contributed by atoms with van der Waals surface area (Å²) in [7, 11) is 5.81. The molecule has 1 saturated heterocycles. The number of anilines is 2. The maximum absolute atomic E-state index is 11.4. The first-order valence-corrected chi connectivity index (χ1v) is 22.6. The summed E-state index contributed by atoms with van der Waals surface area (Å²) in [6, 6.07) is 7.41. The molecule has 0 aliphatic carbocycles. The molecule has 9 N–H and O–H groups in total. The number of carboxylic acids is 2. The summed E-state index contributed by atoms with van der Waals surface area (Å²) >= 11 is 0.798. The minimum atomic E-state index is -1.23. The molecule has 3 heterocycles. The first-order chi connectivity index (χ1) is 30.9. The molecule has 2 atom stereocenters. The lowest BCUT2D eigenvalue weighted by molar-refractivity contribution is -0.139. The Balaban J connectivity index is 0.000000384. The van der Waals surface area contributed by atoms with Gasteiger partial charge in [-0.1, -0.05) is 31.9 Å². The number of carbonyl (C=O) groups excluding carboxylic acids is 3. The zero-order chi connectivity index (χ0) is 47.1. The second kappa shape index (κ2) is 32.7. The molecule has 20 nitrogen and oxygen atoms in total. The van der Waals surface area contributed by atoms with E-state index < -0.39 is 29.1 Å². The normalized spacial score (nSPS) is 13.7. The summed E-state index contributed by atoms with van der Waals surface area (Å²) in [5.74, 6) is -1.05. The summed E-state index contributed by atoms with van der Waals surface area (Å²) in [6.45, 7) is 12.5. The molecular weight excluding hydrogens is 849 g/mol. The van der Waals surface area contributed by atoms with E-state index >= 15 is 0 Å². The van der Waals surface area contributed by atoms with Crippen LogP contribution in [0.3, 0.4) is 0 Å². The first kappa shape index (κ1) is 55.2. The van der Waals surface area contributed by atoms with Crippen molar-refractivity contribution in [1.29, 1.82) is 0 Å². The number of nitrogens with zero attached hydrogens (tertiary/aromatic N) is 5. The van der Waals surface area contributed by atoms with Gasteiger partial charge in [-0.15, -0.1) is 11.8 Å². The van der Waals surface area contributed by atoms with Gasteiger partial charge in [-0.3, -0.25) is 19.3 Å². The predicted molar refractivity (Wildman–Crippen MR) is 249 cm³/mol. The molecule has 1 aliphatic heterocycles. The van der Waals surface area contributed by atoms with Gasteiger partial charge in [0.1, 0.15) is 35.1 Å². The molecule has 2 aromatic heterocycles. The smallest absolute Gasteiger partial charge is 0.321 e. The average Bonchev–Trinajstić information content (AvgIpc) is 3.68. The van der Waals surface area contributed by atoms with Gasteiger partial charge in [0.15, 0.2) is 5.82 Å². The number of rotatable bonds is 29. The van der Waals surface area contributed by atoms with Crippen LogP contribution in [0.1, 0.15) is 56.6 Å². The molecule has 1 aromatic carbocycles.